The van der Waals surface area contributed by atoms with Crippen LogP contribution in [-0.4, -0.2) is 51.7 Å². The average molecular weight is 1720 g/mol. The van der Waals surface area contributed by atoms with Gasteiger partial charge in [-0.2, -0.15) is 8.75 Å². The summed E-state index contributed by atoms with van der Waals surface area (Å²) < 4.78 is 55.5. The lowest BCUT2D eigenvalue weighted by Gasteiger charge is -2.14. The number of ether oxygens (including phenoxy) is 4. The Bertz CT molecular complexity index is 4620. The van der Waals surface area contributed by atoms with Crippen LogP contribution in [0, 0.1) is 0 Å². The van der Waals surface area contributed by atoms with Crippen LogP contribution in [0.1, 0.15) is 456 Å². The van der Waals surface area contributed by atoms with E-state index in [2.05, 4.69) is 327 Å². The van der Waals surface area contributed by atoms with Crippen molar-refractivity contribution < 1.29 is 27.7 Å². The molecule has 0 amide bonds. The van der Waals surface area contributed by atoms with Crippen molar-refractivity contribution >= 4 is 33.8 Å². The molecule has 678 valence electrons. The Morgan fingerprint density at radius 1 is 0.290 bits per heavy atom. The Labute approximate surface area is 749 Å². The number of aromatic amines is 3. The third-order valence-electron chi connectivity index (χ3n) is 22.1. The second-order valence-electron chi connectivity index (χ2n) is 38.3. The molecule has 0 spiro atoms. The van der Waals surface area contributed by atoms with Gasteiger partial charge in [0.15, 0.2) is 23.0 Å². The fourth-order valence-electron chi connectivity index (χ4n) is 13.8. The van der Waals surface area contributed by atoms with Gasteiger partial charge in [0.05, 0.1) is 29.1 Å². The number of nitrogens with one attached hydrogen (secondary N) is 3. The molecule has 14 nitrogen and oxygen atoms in total. The lowest BCUT2D eigenvalue weighted by Crippen LogP contribution is -2.26. The van der Waals surface area contributed by atoms with Crippen LogP contribution in [0.25, 0.3) is 22.1 Å². The number of halogens is 2. The number of fused-ring (bicyclic) bond motifs is 4. The largest absolute Gasteiger partial charge is 0.586 e. The molecule has 3 N–H and O–H groups in total. The second kappa shape index (κ2) is 48.9. The average Bonchev–Trinajstić information content (AvgIpc) is 1.61. The smallest absolute Gasteiger partial charge is 0.453 e. The first-order valence-corrected chi connectivity index (χ1v) is 46.3. The molecule has 17 heteroatoms. The molecule has 13 rings (SSSR count). The molecule has 0 aliphatic carbocycles. The SMILES string of the molecule is CC(C)c1ccc(C(C)C)c(=O)[nH]1.CC(C)c1ccc(C(C)C)c(=O)[nH]1.CC(C)c1ccc(C(C)C)c2[nH]cnc12.CC(C)c1ccc(C(C)C)c2c1OC(F)(F)O2.CC(C)c1ccc(C(C)C)c2c1OCO2.CC(C)c1ccc(C(C)C)c2nsnc12.CC(C)c1ccc(C(C)C)cc1.CC(C)c1ccc(C(C)C)nc1.CC(C)c1ccc(C(C)C)nc1. The molecule has 0 atom stereocenters. The zero-order valence-corrected chi connectivity index (χ0v) is 83.0. The highest BCUT2D eigenvalue weighted by atomic mass is 32.1. The van der Waals surface area contributed by atoms with E-state index < -0.39 is 6.29 Å². The van der Waals surface area contributed by atoms with Crippen molar-refractivity contribution in [2.24, 2.45) is 0 Å². The number of H-pyrrole nitrogens is 3. The normalized spacial score (nSPS) is 12.5. The molecule has 2 aliphatic rings. The number of alkyl halides is 2. The van der Waals surface area contributed by atoms with E-state index in [9.17, 15) is 18.4 Å². The van der Waals surface area contributed by atoms with Crippen molar-refractivity contribution in [3.05, 3.63) is 261 Å². The van der Waals surface area contributed by atoms with E-state index in [1.807, 2.05) is 104 Å². The summed E-state index contributed by atoms with van der Waals surface area (Å²) in [5.41, 5.74) is 25.5. The molecule has 124 heavy (non-hydrogen) atoms. The van der Waals surface area contributed by atoms with Gasteiger partial charge in [-0.3, -0.25) is 19.6 Å². The number of imidazole rings is 1. The minimum Gasteiger partial charge on any atom is -0.453 e. The van der Waals surface area contributed by atoms with E-state index in [0.29, 0.717) is 101 Å². The monoisotopic (exact) mass is 1720 g/mol. The zero-order valence-electron chi connectivity index (χ0n) is 82.2. The Morgan fingerprint density at radius 3 is 0.831 bits per heavy atom. The van der Waals surface area contributed by atoms with Crippen molar-refractivity contribution in [1.82, 2.24) is 38.7 Å². The first kappa shape index (κ1) is 105. The summed E-state index contributed by atoms with van der Waals surface area (Å²) in [5.74, 6) is 10.4. The fourth-order valence-corrected chi connectivity index (χ4v) is 14.4. The Kier molecular flexibility index (Phi) is 41.5. The maximum atomic E-state index is 13.2. The lowest BCUT2D eigenvalue weighted by atomic mass is 9.95. The summed E-state index contributed by atoms with van der Waals surface area (Å²) >= 11 is 1.32. The quantitative estimate of drug-likeness (QED) is 0.0743. The van der Waals surface area contributed by atoms with Gasteiger partial charge >= 0.3 is 6.29 Å². The minimum atomic E-state index is -3.54. The summed E-state index contributed by atoms with van der Waals surface area (Å²) in [6.07, 6.45) is 2.22. The van der Waals surface area contributed by atoms with Gasteiger partial charge in [-0.15, -0.1) is 8.78 Å². The van der Waals surface area contributed by atoms with Gasteiger partial charge in [-0.05, 0) is 175 Å². The Morgan fingerprint density at radius 2 is 0.565 bits per heavy atom. The van der Waals surface area contributed by atoms with Gasteiger partial charge in [0, 0.05) is 68.6 Å². The van der Waals surface area contributed by atoms with E-state index in [1.165, 1.54) is 84.3 Å². The van der Waals surface area contributed by atoms with Gasteiger partial charge in [-0.25, -0.2) is 4.98 Å². The van der Waals surface area contributed by atoms with Gasteiger partial charge in [0.1, 0.15) is 11.0 Å². The molecule has 11 aromatic rings. The number of benzene rings is 5. The predicted octanol–water partition coefficient (Wildman–Crippen LogP) is 31.5. The van der Waals surface area contributed by atoms with E-state index in [0.717, 1.165) is 61.7 Å². The molecule has 0 unspecified atom stereocenters. The van der Waals surface area contributed by atoms with Crippen LogP contribution in [0.4, 0.5) is 8.78 Å². The van der Waals surface area contributed by atoms with Gasteiger partial charge in [0.2, 0.25) is 6.79 Å². The number of pyridine rings is 4. The summed E-state index contributed by atoms with van der Waals surface area (Å²) in [6, 6.07) is 42.2. The van der Waals surface area contributed by atoms with Crippen LogP contribution in [0.3, 0.4) is 0 Å². The number of hydrogen-bond acceptors (Lipinski definition) is 12. The molecule has 8 heterocycles. The molecule has 0 saturated heterocycles. The molecular formula is C107H154F2N8O6S. The van der Waals surface area contributed by atoms with Crippen molar-refractivity contribution in [2.75, 3.05) is 6.79 Å². The number of nitrogens with zero attached hydrogens (tertiary/aromatic N) is 5. The minimum absolute atomic E-state index is 0.0567. The van der Waals surface area contributed by atoms with Gasteiger partial charge in [0.25, 0.3) is 11.1 Å². The maximum Gasteiger partial charge on any atom is 0.586 e. The van der Waals surface area contributed by atoms with Crippen molar-refractivity contribution in [3.8, 4) is 23.0 Å². The third kappa shape index (κ3) is 30.5. The van der Waals surface area contributed by atoms with E-state index in [4.69, 9.17) is 9.47 Å². The van der Waals surface area contributed by atoms with Crippen LogP contribution in [-0.2, 0) is 0 Å². The summed E-state index contributed by atoms with van der Waals surface area (Å²) in [7, 11) is 0. The van der Waals surface area contributed by atoms with Crippen LogP contribution >= 0.6 is 11.7 Å². The molecular weight excluding hydrogens is 1560 g/mol. The molecule has 5 aromatic carbocycles. The first-order valence-electron chi connectivity index (χ1n) is 45.5. The standard InChI is InChI=1S/C13H16F2O2.C13H18N2.C13H18O2.C12H16N2S.C12H18.2C11H17NO.2C11H17N/c1-7(2)9-5-6-10(8(3)4)12-11(9)16-13(14,15)17-12;2*1-8(2)10-5-6-11(9(3)4)13-12(10)14-7-15-13;1-7(2)9-5-6-10(8(3)4)12-11(9)13-15-14-12;1-9(2)11-5-7-12(8-6-11)10(3)4;2*1-7(2)9-5-6-10(8(3)4)12-11(9)13;2*1-8(2)10-5-6-11(9(3)4)12-7-10/h5-8H,1-4H3;5-9H,1-4H3,(H,14,15);5-6,8-9H,7H2,1-4H3;5-8H,1-4H3;5-10H,1-4H3;2*5-8H,1-4H3,(H,12,13);2*5-9H,1-4H3. The van der Waals surface area contributed by atoms with Crippen LogP contribution in [0.15, 0.2) is 150 Å². The molecule has 0 saturated carbocycles. The fraction of sp³-hybridized carbons (Fsp3) is 0.523. The highest BCUT2D eigenvalue weighted by Crippen LogP contribution is 2.50. The van der Waals surface area contributed by atoms with E-state index in [-0.39, 0.29) is 34.5 Å². The van der Waals surface area contributed by atoms with Gasteiger partial charge in [-0.1, -0.05) is 346 Å². The summed E-state index contributed by atoms with van der Waals surface area (Å²) in [6.45, 7) is 77.1. The topological polar surface area (TPSA) is 183 Å². The maximum absolute atomic E-state index is 13.2. The first-order chi connectivity index (χ1) is 58.0. The lowest BCUT2D eigenvalue weighted by molar-refractivity contribution is -0.287. The van der Waals surface area contributed by atoms with Crippen molar-refractivity contribution in [1.29, 1.82) is 0 Å². The number of rotatable bonds is 18. The molecule has 2 aliphatic heterocycles. The summed E-state index contributed by atoms with van der Waals surface area (Å²) in [4.78, 5) is 45.3. The Balaban J connectivity index is 0.000000248. The molecule has 0 radical (unpaired) electrons. The summed E-state index contributed by atoms with van der Waals surface area (Å²) in [5, 5.41) is 0. The highest BCUT2D eigenvalue weighted by molar-refractivity contribution is 7.00. The van der Waals surface area contributed by atoms with Crippen LogP contribution in [0.5, 0.6) is 23.0 Å². The van der Waals surface area contributed by atoms with E-state index >= 15 is 0 Å². The highest BCUT2D eigenvalue weighted by Gasteiger charge is 2.46. The third-order valence-corrected chi connectivity index (χ3v) is 22.6. The predicted molar refractivity (Wildman–Crippen MR) is 521 cm³/mol. The molecule has 6 aromatic heterocycles. The van der Waals surface area contributed by atoms with Crippen molar-refractivity contribution in [2.45, 2.75) is 362 Å². The second-order valence-corrected chi connectivity index (χ2v) is 38.9. The molecule has 0 bridgehead atoms. The zero-order chi connectivity index (χ0) is 93.2. The molecule has 0 fully saturated rings. The number of hydrogen-bond donors (Lipinski definition) is 3. The van der Waals surface area contributed by atoms with Gasteiger partial charge < -0.3 is 33.9 Å². The van der Waals surface area contributed by atoms with Crippen LogP contribution in [0.2, 0.25) is 0 Å². The van der Waals surface area contributed by atoms with E-state index in [1.54, 1.807) is 6.33 Å². The number of aromatic nitrogens is 8. The Hall–Kier alpha value is -9.35. The van der Waals surface area contributed by atoms with Crippen LogP contribution < -0.4 is 30.1 Å². The van der Waals surface area contributed by atoms with Crippen molar-refractivity contribution in [3.63, 3.8) is 0 Å².